The second kappa shape index (κ2) is 14.6. The molecule has 3 amide bonds. The van der Waals surface area contributed by atoms with Crippen molar-refractivity contribution in [2.75, 3.05) is 59.6 Å². The Balaban J connectivity index is 1.86. The van der Waals surface area contributed by atoms with Crippen LogP contribution in [0.25, 0.3) is 5.76 Å². The molecule has 0 atom stereocenters. The van der Waals surface area contributed by atoms with E-state index in [-0.39, 0.29) is 11.5 Å². The molecular weight excluding hydrogens is 554 g/mol. The van der Waals surface area contributed by atoms with Crippen molar-refractivity contribution < 1.29 is 19.4 Å². The van der Waals surface area contributed by atoms with E-state index in [9.17, 15) is 14.7 Å². The molecule has 0 saturated carbocycles. The highest BCUT2D eigenvalue weighted by Crippen LogP contribution is 2.31. The Morgan fingerprint density at radius 3 is 1.89 bits per heavy atom. The van der Waals surface area contributed by atoms with Crippen molar-refractivity contribution >= 4 is 46.1 Å². The van der Waals surface area contributed by atoms with Gasteiger partial charge in [-0.25, -0.2) is 4.79 Å². The van der Waals surface area contributed by atoms with Crippen LogP contribution < -0.4 is 30.1 Å². The van der Waals surface area contributed by atoms with Gasteiger partial charge in [-0.15, -0.1) is 0 Å². The van der Waals surface area contributed by atoms with Crippen LogP contribution in [-0.4, -0.2) is 51.3 Å². The van der Waals surface area contributed by atoms with E-state index in [4.69, 9.17) is 4.74 Å². The summed E-state index contributed by atoms with van der Waals surface area (Å²) in [5.74, 6) is -0.648. The molecule has 228 valence electrons. The van der Waals surface area contributed by atoms with Gasteiger partial charge in [-0.2, -0.15) is 0 Å². The van der Waals surface area contributed by atoms with Crippen molar-refractivity contribution in [3.63, 3.8) is 0 Å². The SMILES string of the molecule is CCN(CC)c1ccc(N(C(=O)Nc2ccc(N(C)C)cc2)/C(C(=O)Nc2ccccc2OC)=C(\O)c2ccccc2)cc1. The lowest BCUT2D eigenvalue weighted by atomic mass is 10.1. The lowest BCUT2D eigenvalue weighted by Crippen LogP contribution is -2.40. The van der Waals surface area contributed by atoms with Gasteiger partial charge in [-0.05, 0) is 74.5 Å². The van der Waals surface area contributed by atoms with E-state index in [1.807, 2.05) is 43.3 Å². The van der Waals surface area contributed by atoms with E-state index >= 15 is 0 Å². The summed E-state index contributed by atoms with van der Waals surface area (Å²) in [6.45, 7) is 5.76. The third kappa shape index (κ3) is 7.30. The van der Waals surface area contributed by atoms with Gasteiger partial charge in [0, 0.05) is 49.8 Å². The van der Waals surface area contributed by atoms with Crippen molar-refractivity contribution in [3.8, 4) is 5.75 Å². The van der Waals surface area contributed by atoms with Gasteiger partial charge in [0.1, 0.15) is 5.75 Å². The molecule has 0 saturated heterocycles. The number of para-hydroxylation sites is 2. The fraction of sp³-hybridized carbons (Fsp3) is 0.200. The zero-order valence-corrected chi connectivity index (χ0v) is 25.7. The number of nitrogens with zero attached hydrogens (tertiary/aromatic N) is 3. The molecule has 4 aromatic carbocycles. The Morgan fingerprint density at radius 2 is 1.30 bits per heavy atom. The Bertz CT molecular complexity index is 1580. The normalized spacial score (nSPS) is 11.2. The molecule has 3 N–H and O–H groups in total. The van der Waals surface area contributed by atoms with Gasteiger partial charge in [0.2, 0.25) is 0 Å². The average Bonchev–Trinajstić information content (AvgIpc) is 3.05. The number of ether oxygens (including phenoxy) is 1. The highest BCUT2D eigenvalue weighted by atomic mass is 16.5. The van der Waals surface area contributed by atoms with Crippen LogP contribution in [0.4, 0.5) is 33.2 Å². The van der Waals surface area contributed by atoms with Gasteiger partial charge in [-0.3, -0.25) is 9.69 Å². The van der Waals surface area contributed by atoms with E-state index in [1.54, 1.807) is 78.9 Å². The summed E-state index contributed by atoms with van der Waals surface area (Å²) in [6.07, 6.45) is 0. The number of hydrogen-bond donors (Lipinski definition) is 3. The first-order valence-corrected chi connectivity index (χ1v) is 14.4. The smallest absolute Gasteiger partial charge is 0.331 e. The molecule has 0 radical (unpaired) electrons. The number of rotatable bonds is 11. The van der Waals surface area contributed by atoms with Crippen LogP contribution in [0, 0.1) is 0 Å². The fourth-order valence-electron chi connectivity index (χ4n) is 4.75. The van der Waals surface area contributed by atoms with Gasteiger partial charge in [-0.1, -0.05) is 42.5 Å². The van der Waals surface area contributed by atoms with Crippen LogP contribution in [0.3, 0.4) is 0 Å². The van der Waals surface area contributed by atoms with Crippen molar-refractivity contribution in [1.29, 1.82) is 0 Å². The summed E-state index contributed by atoms with van der Waals surface area (Å²) >= 11 is 0. The average molecular weight is 594 g/mol. The largest absolute Gasteiger partial charge is 0.505 e. The van der Waals surface area contributed by atoms with Crippen LogP contribution in [0.2, 0.25) is 0 Å². The molecule has 0 spiro atoms. The Morgan fingerprint density at radius 1 is 0.727 bits per heavy atom. The molecule has 0 aromatic heterocycles. The summed E-state index contributed by atoms with van der Waals surface area (Å²) in [7, 11) is 5.36. The van der Waals surface area contributed by atoms with Crippen LogP contribution in [0.5, 0.6) is 5.75 Å². The first kappa shape index (κ1) is 31.5. The summed E-state index contributed by atoms with van der Waals surface area (Å²) in [5, 5.41) is 17.4. The van der Waals surface area contributed by atoms with E-state index in [1.165, 1.54) is 12.0 Å². The van der Waals surface area contributed by atoms with Crippen LogP contribution in [0.1, 0.15) is 19.4 Å². The molecular formula is C35H39N5O4. The summed E-state index contributed by atoms with van der Waals surface area (Å²) in [6, 6.07) is 29.6. The highest BCUT2D eigenvalue weighted by Gasteiger charge is 2.31. The number of aliphatic hydroxyl groups excluding tert-OH is 1. The quantitative estimate of drug-likeness (QED) is 0.126. The Hall–Kier alpha value is -5.44. The molecule has 0 fully saturated rings. The zero-order chi connectivity index (χ0) is 31.6. The molecule has 0 aliphatic carbocycles. The minimum absolute atomic E-state index is 0.264. The molecule has 44 heavy (non-hydrogen) atoms. The third-order valence-corrected chi connectivity index (χ3v) is 7.14. The number of urea groups is 1. The minimum atomic E-state index is -0.707. The third-order valence-electron chi connectivity index (χ3n) is 7.14. The lowest BCUT2D eigenvalue weighted by Gasteiger charge is -2.28. The summed E-state index contributed by atoms with van der Waals surface area (Å²) < 4.78 is 5.43. The predicted molar refractivity (Wildman–Crippen MR) is 180 cm³/mol. The van der Waals surface area contributed by atoms with Gasteiger partial charge in [0.25, 0.3) is 5.91 Å². The zero-order valence-electron chi connectivity index (χ0n) is 25.7. The fourth-order valence-corrected chi connectivity index (χ4v) is 4.75. The Kier molecular flexibility index (Phi) is 10.5. The maximum Gasteiger partial charge on any atom is 0.331 e. The highest BCUT2D eigenvalue weighted by molar-refractivity contribution is 6.18. The monoisotopic (exact) mass is 593 g/mol. The van der Waals surface area contributed by atoms with Crippen molar-refractivity contribution in [1.82, 2.24) is 0 Å². The molecule has 9 nitrogen and oxygen atoms in total. The molecule has 0 heterocycles. The predicted octanol–water partition coefficient (Wildman–Crippen LogP) is 7.21. The number of carbonyl (C=O) groups excluding carboxylic acids is 2. The van der Waals surface area contributed by atoms with E-state index in [0.29, 0.717) is 28.4 Å². The second-order valence-corrected chi connectivity index (χ2v) is 10.1. The number of benzene rings is 4. The van der Waals surface area contributed by atoms with E-state index in [0.717, 1.165) is 24.5 Å². The van der Waals surface area contributed by atoms with E-state index in [2.05, 4.69) is 29.4 Å². The molecule has 4 rings (SSSR count). The molecule has 0 bridgehead atoms. The number of hydrogen-bond acceptors (Lipinski definition) is 6. The van der Waals surface area contributed by atoms with Gasteiger partial charge >= 0.3 is 6.03 Å². The van der Waals surface area contributed by atoms with Gasteiger partial charge in [0.15, 0.2) is 11.5 Å². The summed E-state index contributed by atoms with van der Waals surface area (Å²) in [5.41, 5.74) is 3.32. The van der Waals surface area contributed by atoms with E-state index < -0.39 is 11.9 Å². The molecule has 0 unspecified atom stereocenters. The van der Waals surface area contributed by atoms with Gasteiger partial charge < -0.3 is 30.3 Å². The first-order valence-electron chi connectivity index (χ1n) is 14.4. The number of nitrogens with one attached hydrogen (secondary N) is 2. The molecule has 0 aliphatic rings. The minimum Gasteiger partial charge on any atom is -0.505 e. The second-order valence-electron chi connectivity index (χ2n) is 10.1. The summed E-state index contributed by atoms with van der Waals surface area (Å²) in [4.78, 5) is 33.6. The van der Waals surface area contributed by atoms with Gasteiger partial charge in [0.05, 0.1) is 18.5 Å². The lowest BCUT2D eigenvalue weighted by molar-refractivity contribution is -0.112. The molecule has 4 aromatic rings. The standard InChI is InChI=1S/C35H39N5O4/c1-6-39(7-2)28-21-23-29(24-22-28)40(35(43)36-26-17-19-27(20-18-26)38(3)4)32(33(41)25-13-9-8-10-14-25)34(42)37-30-15-11-12-16-31(30)44-5/h8-24,41H,6-7H2,1-5H3,(H,36,43)(H,37,42)/b33-32-. The topological polar surface area (TPSA) is 97.4 Å². The Labute approximate surface area is 259 Å². The number of anilines is 5. The number of amides is 3. The maximum atomic E-state index is 14.2. The van der Waals surface area contributed by atoms with Crippen LogP contribution in [-0.2, 0) is 4.79 Å². The number of methoxy groups -OCH3 is 1. The maximum absolute atomic E-state index is 14.2. The number of carbonyl (C=O) groups is 2. The molecule has 9 heteroatoms. The number of aliphatic hydroxyl groups is 1. The van der Waals surface area contributed by atoms with Crippen LogP contribution >= 0.6 is 0 Å². The van der Waals surface area contributed by atoms with Crippen molar-refractivity contribution in [3.05, 3.63) is 114 Å². The first-order chi connectivity index (χ1) is 21.3. The van der Waals surface area contributed by atoms with Crippen molar-refractivity contribution in [2.45, 2.75) is 13.8 Å². The van der Waals surface area contributed by atoms with Crippen molar-refractivity contribution in [2.24, 2.45) is 0 Å². The van der Waals surface area contributed by atoms with Crippen LogP contribution in [0.15, 0.2) is 109 Å². The molecule has 0 aliphatic heterocycles.